The lowest BCUT2D eigenvalue weighted by Gasteiger charge is -2.20. The fraction of sp³-hybridized carbons (Fsp3) is 0.333. The predicted octanol–water partition coefficient (Wildman–Crippen LogP) is 4.11. The number of alkyl halides is 2. The Hall–Kier alpha value is -3.16. The van der Waals surface area contributed by atoms with Crippen LogP contribution in [0.25, 0.3) is 0 Å². The molecule has 156 valence electrons. The lowest BCUT2D eigenvalue weighted by Crippen LogP contribution is -2.31. The zero-order valence-electron chi connectivity index (χ0n) is 16.4. The highest BCUT2D eigenvalue weighted by Gasteiger charge is 2.22. The number of esters is 1. The van der Waals surface area contributed by atoms with Crippen molar-refractivity contribution in [3.8, 4) is 11.5 Å². The summed E-state index contributed by atoms with van der Waals surface area (Å²) in [5, 5.41) is 2.75. The maximum atomic E-state index is 12.7. The summed E-state index contributed by atoms with van der Waals surface area (Å²) in [7, 11) is 1.30. The van der Waals surface area contributed by atoms with E-state index < -0.39 is 24.5 Å². The SMILES string of the molecule is COc1ccc(C(=O)NC(CC(=O)OC(C)C)c2ccccc2)cc1OC(F)F. The van der Waals surface area contributed by atoms with Gasteiger partial charge in [-0.05, 0) is 37.6 Å². The molecule has 0 radical (unpaired) electrons. The van der Waals surface area contributed by atoms with Crippen LogP contribution in [0, 0.1) is 0 Å². The van der Waals surface area contributed by atoms with Crippen molar-refractivity contribution in [2.45, 2.75) is 39.0 Å². The van der Waals surface area contributed by atoms with Crippen LogP contribution in [0.3, 0.4) is 0 Å². The average Bonchev–Trinajstić information content (AvgIpc) is 2.67. The molecule has 2 rings (SSSR count). The maximum absolute atomic E-state index is 12.7. The lowest BCUT2D eigenvalue weighted by atomic mass is 10.0. The number of halogens is 2. The summed E-state index contributed by atoms with van der Waals surface area (Å²) in [6, 6.07) is 12.2. The largest absolute Gasteiger partial charge is 0.493 e. The number of ether oxygens (including phenoxy) is 3. The Morgan fingerprint density at radius 2 is 1.72 bits per heavy atom. The second-order valence-electron chi connectivity index (χ2n) is 6.42. The molecule has 0 aliphatic heterocycles. The maximum Gasteiger partial charge on any atom is 0.387 e. The van der Waals surface area contributed by atoms with Crippen molar-refractivity contribution in [3.63, 3.8) is 0 Å². The van der Waals surface area contributed by atoms with E-state index in [4.69, 9.17) is 9.47 Å². The zero-order chi connectivity index (χ0) is 21.4. The molecular weight excluding hydrogens is 384 g/mol. The minimum absolute atomic E-state index is 0.0713. The van der Waals surface area contributed by atoms with Crippen LogP contribution in [0.15, 0.2) is 48.5 Å². The first-order chi connectivity index (χ1) is 13.8. The topological polar surface area (TPSA) is 73.9 Å². The van der Waals surface area contributed by atoms with Crippen molar-refractivity contribution in [2.75, 3.05) is 7.11 Å². The lowest BCUT2D eigenvalue weighted by molar-refractivity contribution is -0.147. The molecule has 2 aromatic rings. The van der Waals surface area contributed by atoms with Crippen molar-refractivity contribution < 1.29 is 32.6 Å². The molecule has 1 N–H and O–H groups in total. The fourth-order valence-electron chi connectivity index (χ4n) is 2.66. The molecule has 0 saturated carbocycles. The van der Waals surface area contributed by atoms with Gasteiger partial charge in [-0.2, -0.15) is 8.78 Å². The minimum atomic E-state index is -3.06. The molecule has 0 aromatic heterocycles. The van der Waals surface area contributed by atoms with Gasteiger partial charge in [-0.25, -0.2) is 0 Å². The van der Waals surface area contributed by atoms with E-state index in [0.29, 0.717) is 5.56 Å². The Balaban J connectivity index is 2.23. The summed E-state index contributed by atoms with van der Waals surface area (Å²) in [6.07, 6.45) is -0.366. The van der Waals surface area contributed by atoms with Crippen molar-refractivity contribution in [2.24, 2.45) is 0 Å². The number of carbonyl (C=O) groups excluding carboxylic acids is 2. The van der Waals surface area contributed by atoms with Crippen LogP contribution in [0.4, 0.5) is 8.78 Å². The Labute approximate surface area is 167 Å². The van der Waals surface area contributed by atoms with Gasteiger partial charge in [0.2, 0.25) is 0 Å². The summed E-state index contributed by atoms with van der Waals surface area (Å²) in [5.41, 5.74) is 0.790. The van der Waals surface area contributed by atoms with E-state index in [2.05, 4.69) is 10.1 Å². The van der Waals surface area contributed by atoms with Gasteiger partial charge in [0.25, 0.3) is 5.91 Å². The third-order valence-electron chi connectivity index (χ3n) is 3.89. The fourth-order valence-corrected chi connectivity index (χ4v) is 2.66. The number of hydrogen-bond acceptors (Lipinski definition) is 5. The number of rotatable bonds is 9. The molecular formula is C21H23F2NO5. The van der Waals surface area contributed by atoms with Crippen LogP contribution in [-0.2, 0) is 9.53 Å². The molecule has 0 bridgehead atoms. The second-order valence-corrected chi connectivity index (χ2v) is 6.42. The normalized spacial score (nSPS) is 11.8. The summed E-state index contributed by atoms with van der Waals surface area (Å²) in [4.78, 5) is 24.8. The van der Waals surface area contributed by atoms with E-state index in [9.17, 15) is 18.4 Å². The molecule has 0 heterocycles. The molecule has 1 unspecified atom stereocenters. The van der Waals surface area contributed by atoms with Crippen molar-refractivity contribution in [3.05, 3.63) is 59.7 Å². The summed E-state index contributed by atoms with van der Waals surface area (Å²) < 4.78 is 39.8. The first-order valence-corrected chi connectivity index (χ1v) is 8.98. The highest BCUT2D eigenvalue weighted by Crippen LogP contribution is 2.30. The Morgan fingerprint density at radius 1 is 1.03 bits per heavy atom. The predicted molar refractivity (Wildman–Crippen MR) is 102 cm³/mol. The first-order valence-electron chi connectivity index (χ1n) is 8.98. The van der Waals surface area contributed by atoms with Gasteiger partial charge < -0.3 is 19.5 Å². The van der Waals surface area contributed by atoms with Gasteiger partial charge in [0.1, 0.15) is 0 Å². The number of methoxy groups -OCH3 is 1. The molecule has 8 heteroatoms. The van der Waals surface area contributed by atoms with Gasteiger partial charge >= 0.3 is 12.6 Å². The molecule has 0 saturated heterocycles. The molecule has 0 aliphatic carbocycles. The molecule has 0 aliphatic rings. The van der Waals surface area contributed by atoms with Crippen LogP contribution in [0.2, 0.25) is 0 Å². The molecule has 1 atom stereocenters. The molecule has 0 spiro atoms. The van der Waals surface area contributed by atoms with Crippen molar-refractivity contribution in [1.29, 1.82) is 0 Å². The molecule has 1 amide bonds. The van der Waals surface area contributed by atoms with Gasteiger partial charge in [-0.15, -0.1) is 0 Å². The summed E-state index contributed by atoms with van der Waals surface area (Å²) in [6.45, 7) is 0.399. The smallest absolute Gasteiger partial charge is 0.387 e. The van der Waals surface area contributed by atoms with E-state index in [1.165, 1.54) is 19.2 Å². The van der Waals surface area contributed by atoms with E-state index in [1.54, 1.807) is 38.1 Å². The summed E-state index contributed by atoms with van der Waals surface area (Å²) in [5.74, 6) is -1.21. The number of nitrogens with one attached hydrogen (secondary N) is 1. The molecule has 0 fully saturated rings. The Bertz CT molecular complexity index is 827. The number of benzene rings is 2. The van der Waals surface area contributed by atoms with Crippen LogP contribution < -0.4 is 14.8 Å². The van der Waals surface area contributed by atoms with Crippen LogP contribution in [-0.4, -0.2) is 31.7 Å². The van der Waals surface area contributed by atoms with Gasteiger partial charge in [-0.3, -0.25) is 9.59 Å². The quantitative estimate of drug-likeness (QED) is 0.634. The van der Waals surface area contributed by atoms with Crippen molar-refractivity contribution >= 4 is 11.9 Å². The van der Waals surface area contributed by atoms with Gasteiger partial charge in [0.05, 0.1) is 25.7 Å². The third-order valence-corrected chi connectivity index (χ3v) is 3.89. The zero-order valence-corrected chi connectivity index (χ0v) is 16.4. The van der Waals surface area contributed by atoms with Gasteiger partial charge in [-0.1, -0.05) is 30.3 Å². The van der Waals surface area contributed by atoms with Crippen LogP contribution in [0.5, 0.6) is 11.5 Å². The third kappa shape index (κ3) is 6.74. The van der Waals surface area contributed by atoms with Gasteiger partial charge in [0, 0.05) is 5.56 Å². The standard InChI is InChI=1S/C21H23F2NO5/c1-13(2)28-19(25)12-16(14-7-5-4-6-8-14)24-20(26)15-9-10-17(27-3)18(11-15)29-21(22)23/h4-11,13,16,21H,12H2,1-3H3,(H,24,26). The molecule has 6 nitrogen and oxygen atoms in total. The molecule has 29 heavy (non-hydrogen) atoms. The van der Waals surface area contributed by atoms with E-state index in [-0.39, 0.29) is 29.6 Å². The monoisotopic (exact) mass is 407 g/mol. The van der Waals surface area contributed by atoms with Gasteiger partial charge in [0.15, 0.2) is 11.5 Å². The molecule has 2 aromatic carbocycles. The Morgan fingerprint density at radius 3 is 2.31 bits per heavy atom. The number of amides is 1. The number of hydrogen-bond donors (Lipinski definition) is 1. The van der Waals surface area contributed by atoms with Crippen molar-refractivity contribution in [1.82, 2.24) is 5.32 Å². The first kappa shape index (κ1) is 22.1. The summed E-state index contributed by atoms with van der Waals surface area (Å²) >= 11 is 0. The van der Waals surface area contributed by atoms with E-state index in [0.717, 1.165) is 6.07 Å². The highest BCUT2D eigenvalue weighted by atomic mass is 19.3. The van der Waals surface area contributed by atoms with Crippen LogP contribution >= 0.6 is 0 Å². The Kier molecular flexibility index (Phi) is 7.94. The van der Waals surface area contributed by atoms with Crippen LogP contribution in [0.1, 0.15) is 42.2 Å². The second kappa shape index (κ2) is 10.4. The average molecular weight is 407 g/mol. The van der Waals surface area contributed by atoms with E-state index in [1.807, 2.05) is 6.07 Å². The highest BCUT2D eigenvalue weighted by molar-refractivity contribution is 5.95. The van der Waals surface area contributed by atoms with E-state index >= 15 is 0 Å². The number of carbonyl (C=O) groups is 2. The minimum Gasteiger partial charge on any atom is -0.493 e.